The molecule has 0 bridgehead atoms. The minimum absolute atomic E-state index is 0.0886. The lowest BCUT2D eigenvalue weighted by atomic mass is 9.47. The first-order valence-corrected chi connectivity index (χ1v) is 13.1. The highest BCUT2D eigenvalue weighted by Gasteiger charge is 2.59. The number of aryl methyl sites for hydroxylation is 1. The lowest BCUT2D eigenvalue weighted by Gasteiger charge is -2.58. The smallest absolute Gasteiger partial charge is 0.0924 e. The summed E-state index contributed by atoms with van der Waals surface area (Å²) in [4.78, 5) is 4.51. The lowest BCUT2D eigenvalue weighted by molar-refractivity contribution is -0.0571. The number of aromatic nitrogens is 1. The molecule has 0 aromatic carbocycles. The lowest BCUT2D eigenvalue weighted by Crippen LogP contribution is -2.50. The molecule has 4 aliphatic carbocycles. The van der Waals surface area contributed by atoms with Crippen LogP contribution < -0.4 is 0 Å². The third-order valence-corrected chi connectivity index (χ3v) is 11.0. The summed E-state index contributed by atoms with van der Waals surface area (Å²) in [5, 5.41) is 13.7. The molecule has 5 rings (SSSR count). The Hall–Kier alpha value is -0.670. The third kappa shape index (κ3) is 3.26. The highest BCUT2D eigenvalue weighted by molar-refractivity contribution is 7.09. The van der Waals surface area contributed by atoms with E-state index in [9.17, 15) is 5.11 Å². The zero-order valence-electron chi connectivity index (χ0n) is 18.6. The molecule has 0 saturated heterocycles. The molecule has 1 unspecified atom stereocenters. The molecule has 0 spiro atoms. The number of hydrogen-bond acceptors (Lipinski definition) is 3. The fourth-order valence-electron chi connectivity index (χ4n) is 8.55. The molecule has 1 N–H and O–H groups in total. The summed E-state index contributed by atoms with van der Waals surface area (Å²) >= 11 is 1.82. The Morgan fingerprint density at radius 3 is 2.83 bits per heavy atom. The van der Waals surface area contributed by atoms with E-state index in [2.05, 4.69) is 37.2 Å². The summed E-state index contributed by atoms with van der Waals surface area (Å²) in [6, 6.07) is 0. The predicted molar refractivity (Wildman–Crippen MR) is 121 cm³/mol. The molecular formula is C26H39NOS. The first-order valence-electron chi connectivity index (χ1n) is 12.2. The minimum atomic E-state index is -0.0886. The second-order valence-electron chi connectivity index (χ2n) is 11.3. The van der Waals surface area contributed by atoms with Crippen LogP contribution in [0.15, 0.2) is 23.2 Å². The van der Waals surface area contributed by atoms with E-state index in [-0.39, 0.29) is 6.10 Å². The Balaban J connectivity index is 1.33. The van der Waals surface area contributed by atoms with Crippen molar-refractivity contribution in [3.05, 3.63) is 28.2 Å². The van der Waals surface area contributed by atoms with Crippen LogP contribution in [0.4, 0.5) is 0 Å². The highest BCUT2D eigenvalue weighted by atomic mass is 32.1. The fraction of sp³-hybridized carbons (Fsp3) is 0.808. The van der Waals surface area contributed by atoms with Crippen molar-refractivity contribution in [3.8, 4) is 0 Å². The van der Waals surface area contributed by atoms with E-state index >= 15 is 0 Å². The average molecular weight is 414 g/mol. The fourth-order valence-corrected chi connectivity index (χ4v) is 9.18. The summed E-state index contributed by atoms with van der Waals surface area (Å²) < 4.78 is 0. The number of nitrogens with zero attached hydrogens (tertiary/aromatic N) is 1. The maximum absolute atomic E-state index is 10.2. The number of fused-ring (bicyclic) bond motifs is 5. The van der Waals surface area contributed by atoms with Gasteiger partial charge in [-0.25, -0.2) is 4.98 Å². The molecule has 1 aromatic heterocycles. The standard InChI is InChI=1S/C26H39NOS/c1-17(4-9-24-27-14-15-29-24)21-7-8-22-20-6-5-18-16-19(28)10-12-25(18,2)23(20)11-13-26(21,22)3/h5,14-15,17,19-23,28H,4,6-13,16H2,1-3H3/t17?,19-,20-,21+,22-,23-,25-,26+/m0/s1. The second-order valence-corrected chi connectivity index (χ2v) is 12.3. The monoisotopic (exact) mass is 413 g/mol. The van der Waals surface area contributed by atoms with Gasteiger partial charge in [-0.3, -0.25) is 0 Å². The van der Waals surface area contributed by atoms with E-state index in [4.69, 9.17) is 0 Å². The average Bonchev–Trinajstić information content (AvgIpc) is 3.34. The van der Waals surface area contributed by atoms with Crippen molar-refractivity contribution < 1.29 is 5.11 Å². The van der Waals surface area contributed by atoms with Crippen LogP contribution in [0.1, 0.15) is 83.6 Å². The number of rotatable bonds is 4. The van der Waals surface area contributed by atoms with Crippen molar-refractivity contribution in [1.29, 1.82) is 0 Å². The first-order chi connectivity index (χ1) is 13.9. The summed E-state index contributed by atoms with van der Waals surface area (Å²) in [6.07, 6.45) is 17.1. The van der Waals surface area contributed by atoms with Crippen molar-refractivity contribution in [1.82, 2.24) is 4.98 Å². The Labute approximate surface area is 181 Å². The van der Waals surface area contributed by atoms with E-state index in [1.165, 1.54) is 50.0 Å². The molecule has 1 heterocycles. The van der Waals surface area contributed by atoms with Gasteiger partial charge in [-0.2, -0.15) is 0 Å². The van der Waals surface area contributed by atoms with E-state index in [1.54, 1.807) is 5.57 Å². The third-order valence-electron chi connectivity index (χ3n) is 10.1. The van der Waals surface area contributed by atoms with Crippen molar-refractivity contribution in [2.24, 2.45) is 40.4 Å². The van der Waals surface area contributed by atoms with Crippen molar-refractivity contribution in [3.63, 3.8) is 0 Å². The van der Waals surface area contributed by atoms with Gasteiger partial charge < -0.3 is 5.11 Å². The largest absolute Gasteiger partial charge is 0.393 e. The molecule has 3 saturated carbocycles. The van der Waals surface area contributed by atoms with Gasteiger partial charge in [0, 0.05) is 11.6 Å². The van der Waals surface area contributed by atoms with Gasteiger partial charge in [-0.1, -0.05) is 32.4 Å². The van der Waals surface area contributed by atoms with Crippen LogP contribution in [-0.2, 0) is 6.42 Å². The maximum Gasteiger partial charge on any atom is 0.0924 e. The van der Waals surface area contributed by atoms with E-state index in [0.29, 0.717) is 10.8 Å². The topological polar surface area (TPSA) is 33.1 Å². The normalized spacial score (nSPS) is 45.1. The Kier molecular flexibility index (Phi) is 5.22. The van der Waals surface area contributed by atoms with Crippen LogP contribution in [0.2, 0.25) is 0 Å². The van der Waals surface area contributed by atoms with Crippen molar-refractivity contribution >= 4 is 11.3 Å². The SMILES string of the molecule is CC(CCc1nccs1)[C@H]1CC[C@H]2[C@@H]3CC=C4C[C@@H](O)CC[C@]4(C)[C@H]3CC[C@]12C. The van der Waals surface area contributed by atoms with Gasteiger partial charge in [0.15, 0.2) is 0 Å². The van der Waals surface area contributed by atoms with Gasteiger partial charge in [0.2, 0.25) is 0 Å². The summed E-state index contributed by atoms with van der Waals surface area (Å²) in [6.45, 7) is 7.74. The van der Waals surface area contributed by atoms with Crippen LogP contribution in [0.3, 0.4) is 0 Å². The number of aliphatic hydroxyl groups excluding tert-OH is 1. The molecule has 0 amide bonds. The molecule has 2 nitrogen and oxygen atoms in total. The molecule has 4 aliphatic rings. The molecule has 3 fully saturated rings. The minimum Gasteiger partial charge on any atom is -0.393 e. The molecule has 0 aliphatic heterocycles. The maximum atomic E-state index is 10.2. The van der Waals surface area contributed by atoms with Crippen molar-refractivity contribution in [2.45, 2.75) is 91.1 Å². The Morgan fingerprint density at radius 1 is 1.17 bits per heavy atom. The van der Waals surface area contributed by atoms with Gasteiger partial charge in [0.25, 0.3) is 0 Å². The second kappa shape index (κ2) is 7.48. The van der Waals surface area contributed by atoms with Gasteiger partial charge in [0.05, 0.1) is 11.1 Å². The van der Waals surface area contributed by atoms with Gasteiger partial charge in [-0.05, 0) is 105 Å². The summed E-state index contributed by atoms with van der Waals surface area (Å²) in [5.74, 6) is 4.35. The van der Waals surface area contributed by atoms with Crippen LogP contribution in [0.5, 0.6) is 0 Å². The van der Waals surface area contributed by atoms with Crippen LogP contribution in [-0.4, -0.2) is 16.2 Å². The molecule has 8 atom stereocenters. The molecule has 29 heavy (non-hydrogen) atoms. The predicted octanol–water partition coefficient (Wildman–Crippen LogP) is 6.65. The van der Waals surface area contributed by atoms with Gasteiger partial charge in [0.1, 0.15) is 0 Å². The highest BCUT2D eigenvalue weighted by Crippen LogP contribution is 2.67. The number of aliphatic hydroxyl groups is 1. The summed E-state index contributed by atoms with van der Waals surface area (Å²) in [7, 11) is 0. The molecule has 160 valence electrons. The van der Waals surface area contributed by atoms with E-state index in [0.717, 1.165) is 48.9 Å². The van der Waals surface area contributed by atoms with Crippen LogP contribution in [0, 0.1) is 40.4 Å². The molecule has 1 aromatic rings. The quantitative estimate of drug-likeness (QED) is 0.560. The van der Waals surface area contributed by atoms with Crippen LogP contribution in [0.25, 0.3) is 0 Å². The number of hydrogen-bond donors (Lipinski definition) is 1. The van der Waals surface area contributed by atoms with Crippen LogP contribution >= 0.6 is 11.3 Å². The zero-order chi connectivity index (χ0) is 20.2. The van der Waals surface area contributed by atoms with Crippen molar-refractivity contribution in [2.75, 3.05) is 0 Å². The number of thiazole rings is 1. The molecule has 3 heteroatoms. The first kappa shape index (κ1) is 20.2. The summed E-state index contributed by atoms with van der Waals surface area (Å²) in [5.41, 5.74) is 2.52. The van der Waals surface area contributed by atoms with E-state index < -0.39 is 0 Å². The van der Waals surface area contributed by atoms with Gasteiger partial charge >= 0.3 is 0 Å². The van der Waals surface area contributed by atoms with Gasteiger partial charge in [-0.15, -0.1) is 11.3 Å². The molecular weight excluding hydrogens is 374 g/mol. The number of allylic oxidation sites excluding steroid dienone is 1. The van der Waals surface area contributed by atoms with E-state index in [1.807, 2.05) is 17.5 Å². The zero-order valence-corrected chi connectivity index (χ0v) is 19.4. The molecule has 0 radical (unpaired) electrons. The Morgan fingerprint density at radius 2 is 2.03 bits per heavy atom. The Bertz CT molecular complexity index is 757.